The topological polar surface area (TPSA) is 115 Å². The van der Waals surface area contributed by atoms with E-state index in [4.69, 9.17) is 18.7 Å². The SMILES string of the molecule is COCCCOc1cc(C(=O)N(C[C@@H]2CNC[C@H]2CNC2(C(=O)Cc3noc4ccccc34)CC2)C(C)C)ccc1OC. The molecule has 2 N–H and O–H groups in total. The van der Waals surface area contributed by atoms with E-state index in [-0.39, 0.29) is 30.1 Å². The first-order chi connectivity index (χ1) is 20.8. The van der Waals surface area contributed by atoms with Gasteiger partial charge in [0.05, 0.1) is 31.4 Å². The van der Waals surface area contributed by atoms with Gasteiger partial charge in [-0.2, -0.15) is 0 Å². The Bertz CT molecular complexity index is 1400. The van der Waals surface area contributed by atoms with Gasteiger partial charge < -0.3 is 34.3 Å². The predicted octanol–water partition coefficient (Wildman–Crippen LogP) is 3.87. The van der Waals surface area contributed by atoms with Crippen molar-refractivity contribution < 1.29 is 28.3 Å². The molecule has 1 aliphatic carbocycles. The zero-order valence-corrected chi connectivity index (χ0v) is 25.7. The summed E-state index contributed by atoms with van der Waals surface area (Å²) in [6, 6.07) is 13.0. The highest BCUT2D eigenvalue weighted by Crippen LogP contribution is 2.38. The minimum absolute atomic E-state index is 0.0171. The van der Waals surface area contributed by atoms with Gasteiger partial charge in [0, 0.05) is 56.8 Å². The molecule has 1 aliphatic heterocycles. The van der Waals surface area contributed by atoms with Crippen LogP contribution < -0.4 is 20.1 Å². The van der Waals surface area contributed by atoms with Gasteiger partial charge in [-0.1, -0.05) is 17.3 Å². The summed E-state index contributed by atoms with van der Waals surface area (Å²) >= 11 is 0. The second-order valence-corrected chi connectivity index (χ2v) is 12.0. The molecule has 0 bridgehead atoms. The first-order valence-corrected chi connectivity index (χ1v) is 15.3. The lowest BCUT2D eigenvalue weighted by Crippen LogP contribution is -2.46. The van der Waals surface area contributed by atoms with Crippen LogP contribution in [0.3, 0.4) is 0 Å². The van der Waals surface area contributed by atoms with Crippen LogP contribution in [0.25, 0.3) is 11.0 Å². The fourth-order valence-corrected chi connectivity index (χ4v) is 5.89. The molecule has 10 nitrogen and oxygen atoms in total. The van der Waals surface area contributed by atoms with Crippen molar-refractivity contribution in [1.82, 2.24) is 20.7 Å². The van der Waals surface area contributed by atoms with Crippen LogP contribution in [0.1, 0.15) is 49.2 Å². The Labute approximate surface area is 253 Å². The van der Waals surface area contributed by atoms with Gasteiger partial charge >= 0.3 is 0 Å². The van der Waals surface area contributed by atoms with Crippen molar-refractivity contribution >= 4 is 22.7 Å². The largest absolute Gasteiger partial charge is 0.493 e. The number of aromatic nitrogens is 1. The van der Waals surface area contributed by atoms with Crippen molar-refractivity contribution in [2.75, 3.05) is 53.6 Å². The summed E-state index contributed by atoms with van der Waals surface area (Å²) in [7, 11) is 3.25. The molecule has 0 unspecified atom stereocenters. The standard InChI is InChI=1S/C33H44N4O6/c1-22(2)37(32(39)23-10-11-29(41-4)30(16-23)42-15-7-14-40-3)21-25-19-34-18-24(25)20-35-33(12-13-33)31(38)17-27-26-8-5-6-9-28(26)43-36-27/h5-6,8-11,16,22,24-25,34-35H,7,12-15,17-21H2,1-4H3/t24-,25-/m0/s1. The number of methoxy groups -OCH3 is 2. The fourth-order valence-electron chi connectivity index (χ4n) is 5.89. The number of carbonyl (C=O) groups is 2. The van der Waals surface area contributed by atoms with Gasteiger partial charge in [0.2, 0.25) is 0 Å². The molecular weight excluding hydrogens is 548 g/mol. The van der Waals surface area contributed by atoms with E-state index in [1.54, 1.807) is 32.4 Å². The van der Waals surface area contributed by atoms with Crippen LogP contribution in [0.4, 0.5) is 0 Å². The molecule has 2 fully saturated rings. The maximum absolute atomic E-state index is 13.8. The molecular formula is C33H44N4O6. The summed E-state index contributed by atoms with van der Waals surface area (Å²) in [6.07, 6.45) is 2.66. The molecule has 2 aliphatic rings. The molecule has 43 heavy (non-hydrogen) atoms. The highest BCUT2D eigenvalue weighted by molar-refractivity contribution is 5.96. The molecule has 3 aromatic rings. The number of nitrogens with zero attached hydrogens (tertiary/aromatic N) is 2. The third-order valence-corrected chi connectivity index (χ3v) is 8.72. The number of hydrogen-bond acceptors (Lipinski definition) is 9. The maximum Gasteiger partial charge on any atom is 0.254 e. The lowest BCUT2D eigenvalue weighted by molar-refractivity contribution is -0.121. The van der Waals surface area contributed by atoms with Crippen LogP contribution in [0.2, 0.25) is 0 Å². The van der Waals surface area contributed by atoms with E-state index in [1.165, 1.54) is 0 Å². The maximum atomic E-state index is 13.8. The molecule has 1 aromatic heterocycles. The van der Waals surface area contributed by atoms with Crippen LogP contribution in [-0.4, -0.2) is 86.9 Å². The van der Waals surface area contributed by atoms with E-state index in [1.807, 2.05) is 43.0 Å². The molecule has 0 spiro atoms. The summed E-state index contributed by atoms with van der Waals surface area (Å²) in [6.45, 7) is 8.17. The minimum Gasteiger partial charge on any atom is -0.493 e. The normalized spacial score (nSPS) is 19.1. The van der Waals surface area contributed by atoms with Crippen LogP contribution in [0, 0.1) is 11.8 Å². The van der Waals surface area contributed by atoms with Gasteiger partial charge in [-0.15, -0.1) is 0 Å². The molecule has 1 saturated heterocycles. The lowest BCUT2D eigenvalue weighted by atomic mass is 9.93. The number of hydrogen-bond donors (Lipinski definition) is 2. The Hall–Kier alpha value is -3.47. The van der Waals surface area contributed by atoms with Crippen molar-refractivity contribution in [2.24, 2.45) is 11.8 Å². The highest BCUT2D eigenvalue weighted by atomic mass is 16.5. The number of benzene rings is 2. The number of ketones is 1. The van der Waals surface area contributed by atoms with Crippen LogP contribution in [-0.2, 0) is 16.0 Å². The minimum atomic E-state index is -0.497. The summed E-state index contributed by atoms with van der Waals surface area (Å²) in [5, 5.41) is 12.2. The van der Waals surface area contributed by atoms with Gasteiger partial charge in [0.1, 0.15) is 0 Å². The van der Waals surface area contributed by atoms with Gasteiger partial charge in [-0.05, 0) is 75.4 Å². The van der Waals surface area contributed by atoms with E-state index in [9.17, 15) is 9.59 Å². The van der Waals surface area contributed by atoms with Crippen LogP contribution in [0.5, 0.6) is 11.5 Å². The second kappa shape index (κ2) is 13.9. The second-order valence-electron chi connectivity index (χ2n) is 12.0. The van der Waals surface area contributed by atoms with E-state index < -0.39 is 5.54 Å². The van der Waals surface area contributed by atoms with Crippen molar-refractivity contribution in [3.8, 4) is 11.5 Å². The highest BCUT2D eigenvalue weighted by Gasteiger charge is 2.49. The first-order valence-electron chi connectivity index (χ1n) is 15.3. The molecule has 1 amide bonds. The first kappa shape index (κ1) is 31.0. The number of Topliss-reactive ketones (excluding diaryl/α,β-unsaturated/α-hetero) is 1. The molecule has 2 heterocycles. The van der Waals surface area contributed by atoms with Crippen molar-refractivity contribution in [1.29, 1.82) is 0 Å². The number of ether oxygens (including phenoxy) is 3. The van der Waals surface area contributed by atoms with Crippen LogP contribution >= 0.6 is 0 Å². The smallest absolute Gasteiger partial charge is 0.254 e. The number of para-hydroxylation sites is 1. The molecule has 232 valence electrons. The number of fused-ring (bicyclic) bond motifs is 1. The van der Waals surface area contributed by atoms with Gasteiger partial charge in [-0.3, -0.25) is 9.59 Å². The molecule has 0 radical (unpaired) electrons. The predicted molar refractivity (Wildman–Crippen MR) is 164 cm³/mol. The van der Waals surface area contributed by atoms with Crippen LogP contribution in [0.15, 0.2) is 47.0 Å². The summed E-state index contributed by atoms with van der Waals surface area (Å²) < 4.78 is 21.9. The average Bonchev–Trinajstić information content (AvgIpc) is 3.51. The molecule has 1 saturated carbocycles. The van der Waals surface area contributed by atoms with Crippen molar-refractivity contribution in [2.45, 2.75) is 51.1 Å². The van der Waals surface area contributed by atoms with E-state index >= 15 is 0 Å². The Morgan fingerprint density at radius 1 is 1.09 bits per heavy atom. The quantitative estimate of drug-likeness (QED) is 0.239. The Morgan fingerprint density at radius 3 is 2.63 bits per heavy atom. The molecule has 2 atom stereocenters. The number of rotatable bonds is 16. The zero-order chi connectivity index (χ0) is 30.4. The van der Waals surface area contributed by atoms with E-state index in [0.29, 0.717) is 60.6 Å². The van der Waals surface area contributed by atoms with Gasteiger partial charge in [-0.25, -0.2) is 0 Å². The van der Waals surface area contributed by atoms with Crippen molar-refractivity contribution in [3.63, 3.8) is 0 Å². The van der Waals surface area contributed by atoms with E-state index in [0.717, 1.165) is 37.7 Å². The third kappa shape index (κ3) is 7.20. The summed E-state index contributed by atoms with van der Waals surface area (Å²) in [4.78, 5) is 29.1. The molecule has 5 rings (SSSR count). The number of amides is 1. The van der Waals surface area contributed by atoms with Gasteiger partial charge in [0.15, 0.2) is 22.9 Å². The lowest BCUT2D eigenvalue weighted by Gasteiger charge is -2.32. The molecule has 2 aromatic carbocycles. The fraction of sp³-hybridized carbons (Fsp3) is 0.545. The Balaban J connectivity index is 1.20. The average molecular weight is 593 g/mol. The zero-order valence-electron chi connectivity index (χ0n) is 25.7. The van der Waals surface area contributed by atoms with Gasteiger partial charge in [0.25, 0.3) is 5.91 Å². The third-order valence-electron chi connectivity index (χ3n) is 8.72. The number of carbonyl (C=O) groups excluding carboxylic acids is 2. The summed E-state index contributed by atoms with van der Waals surface area (Å²) in [5.41, 5.74) is 1.47. The Morgan fingerprint density at radius 2 is 1.88 bits per heavy atom. The monoisotopic (exact) mass is 592 g/mol. The Kier molecular flexibility index (Phi) is 10.00. The summed E-state index contributed by atoms with van der Waals surface area (Å²) in [5.74, 6) is 1.82. The number of nitrogens with one attached hydrogen (secondary N) is 2. The van der Waals surface area contributed by atoms with E-state index in [2.05, 4.69) is 15.8 Å². The molecule has 10 heteroatoms. The van der Waals surface area contributed by atoms with Crippen molar-refractivity contribution in [3.05, 3.63) is 53.7 Å².